The predicted molar refractivity (Wildman–Crippen MR) is 68.4 cm³/mol. The Balaban J connectivity index is 2.01. The van der Waals surface area contributed by atoms with Crippen molar-refractivity contribution in [3.05, 3.63) is 53.9 Å². The molecule has 0 spiro atoms. The van der Waals surface area contributed by atoms with Gasteiger partial charge >= 0.3 is 5.97 Å². The summed E-state index contributed by atoms with van der Waals surface area (Å²) >= 11 is 0. The van der Waals surface area contributed by atoms with E-state index >= 15 is 0 Å². The lowest BCUT2D eigenvalue weighted by Gasteiger charge is -2.15. The predicted octanol–water partition coefficient (Wildman–Crippen LogP) is 1.20. The second-order valence-corrected chi connectivity index (χ2v) is 4.19. The summed E-state index contributed by atoms with van der Waals surface area (Å²) < 4.78 is 0. The summed E-state index contributed by atoms with van der Waals surface area (Å²) in [6, 6.07) is 4.98. The maximum Gasteiger partial charge on any atom is 0.354 e. The van der Waals surface area contributed by atoms with Crippen LogP contribution in [0.4, 0.5) is 0 Å². The lowest BCUT2D eigenvalue weighted by molar-refractivity contribution is 0.0690. The van der Waals surface area contributed by atoms with Gasteiger partial charge in [0.05, 0.1) is 11.4 Å². The van der Waals surface area contributed by atoms with Crippen molar-refractivity contribution in [2.45, 2.75) is 13.1 Å². The van der Waals surface area contributed by atoms with Crippen LogP contribution in [0.3, 0.4) is 0 Å². The van der Waals surface area contributed by atoms with Crippen LogP contribution in [0.25, 0.3) is 0 Å². The van der Waals surface area contributed by atoms with E-state index in [4.69, 9.17) is 5.11 Å². The molecule has 19 heavy (non-hydrogen) atoms. The SMILES string of the molecule is CN(Cc1cnccn1)Cc1cccc(C(=O)O)n1. The number of hydrogen-bond acceptors (Lipinski definition) is 5. The first-order valence-corrected chi connectivity index (χ1v) is 5.78. The van der Waals surface area contributed by atoms with Crippen molar-refractivity contribution in [3.8, 4) is 0 Å². The minimum atomic E-state index is -1.02. The van der Waals surface area contributed by atoms with Gasteiger partial charge in [-0.25, -0.2) is 9.78 Å². The van der Waals surface area contributed by atoms with Crippen LogP contribution in [-0.4, -0.2) is 38.0 Å². The van der Waals surface area contributed by atoms with Gasteiger partial charge in [-0.1, -0.05) is 6.07 Å². The lowest BCUT2D eigenvalue weighted by Crippen LogP contribution is -2.19. The number of carboxylic acid groups (broad SMARTS) is 1. The summed E-state index contributed by atoms with van der Waals surface area (Å²) in [5, 5.41) is 8.88. The minimum absolute atomic E-state index is 0.0606. The molecule has 0 atom stereocenters. The Morgan fingerprint density at radius 3 is 2.74 bits per heavy atom. The second-order valence-electron chi connectivity index (χ2n) is 4.19. The van der Waals surface area contributed by atoms with E-state index in [0.717, 1.165) is 5.69 Å². The molecule has 1 N–H and O–H groups in total. The molecule has 2 heterocycles. The van der Waals surface area contributed by atoms with Gasteiger partial charge in [-0.15, -0.1) is 0 Å². The van der Waals surface area contributed by atoms with Crippen LogP contribution in [0.15, 0.2) is 36.8 Å². The number of hydrogen-bond donors (Lipinski definition) is 1. The van der Waals surface area contributed by atoms with Gasteiger partial charge in [0, 0.05) is 31.7 Å². The third-order valence-electron chi connectivity index (χ3n) is 2.51. The van der Waals surface area contributed by atoms with Crippen molar-refractivity contribution in [1.82, 2.24) is 19.9 Å². The molecule has 0 bridgehead atoms. The van der Waals surface area contributed by atoms with Gasteiger partial charge < -0.3 is 5.11 Å². The van der Waals surface area contributed by atoms with Crippen LogP contribution < -0.4 is 0 Å². The van der Waals surface area contributed by atoms with E-state index in [0.29, 0.717) is 18.8 Å². The Bertz CT molecular complexity index is 560. The Hall–Kier alpha value is -2.34. The van der Waals surface area contributed by atoms with E-state index in [9.17, 15) is 4.79 Å². The summed E-state index contributed by atoms with van der Waals surface area (Å²) in [7, 11) is 1.92. The van der Waals surface area contributed by atoms with Gasteiger partial charge in [-0.05, 0) is 19.2 Å². The Labute approximate surface area is 110 Å². The zero-order valence-corrected chi connectivity index (χ0v) is 10.5. The van der Waals surface area contributed by atoms with Crippen molar-refractivity contribution in [1.29, 1.82) is 0 Å². The fourth-order valence-corrected chi connectivity index (χ4v) is 1.71. The van der Waals surface area contributed by atoms with E-state index in [-0.39, 0.29) is 5.69 Å². The molecule has 0 radical (unpaired) electrons. The van der Waals surface area contributed by atoms with Crippen molar-refractivity contribution in [2.75, 3.05) is 7.05 Å². The molecule has 2 aromatic heterocycles. The molecule has 6 nitrogen and oxygen atoms in total. The maximum absolute atomic E-state index is 10.8. The van der Waals surface area contributed by atoms with Crippen molar-refractivity contribution in [2.24, 2.45) is 0 Å². The van der Waals surface area contributed by atoms with Gasteiger partial charge in [-0.3, -0.25) is 14.9 Å². The smallest absolute Gasteiger partial charge is 0.354 e. The molecule has 2 rings (SSSR count). The topological polar surface area (TPSA) is 79.2 Å². The molecule has 98 valence electrons. The van der Waals surface area contributed by atoms with E-state index in [1.807, 2.05) is 11.9 Å². The number of carbonyl (C=O) groups is 1. The molecule has 2 aromatic rings. The summed E-state index contributed by atoms with van der Waals surface area (Å²) in [6.07, 6.45) is 4.98. The van der Waals surface area contributed by atoms with E-state index < -0.39 is 5.97 Å². The van der Waals surface area contributed by atoms with E-state index in [1.54, 1.807) is 30.7 Å². The van der Waals surface area contributed by atoms with Crippen LogP contribution in [0, 0.1) is 0 Å². The Morgan fingerprint density at radius 1 is 1.26 bits per heavy atom. The zero-order valence-electron chi connectivity index (χ0n) is 10.5. The zero-order chi connectivity index (χ0) is 13.7. The molecule has 0 saturated carbocycles. The van der Waals surface area contributed by atoms with Crippen molar-refractivity contribution in [3.63, 3.8) is 0 Å². The Kier molecular flexibility index (Phi) is 4.15. The molecule has 0 aliphatic heterocycles. The molecule has 0 aromatic carbocycles. The maximum atomic E-state index is 10.8. The Morgan fingerprint density at radius 2 is 2.05 bits per heavy atom. The quantitative estimate of drug-likeness (QED) is 0.868. The van der Waals surface area contributed by atoms with Crippen LogP contribution in [0.1, 0.15) is 21.9 Å². The van der Waals surface area contributed by atoms with E-state index in [2.05, 4.69) is 15.0 Å². The van der Waals surface area contributed by atoms with E-state index in [1.165, 1.54) is 6.07 Å². The lowest BCUT2D eigenvalue weighted by atomic mass is 10.3. The van der Waals surface area contributed by atoms with Gasteiger partial charge in [0.15, 0.2) is 0 Å². The second kappa shape index (κ2) is 6.01. The van der Waals surface area contributed by atoms with Gasteiger partial charge in [0.1, 0.15) is 5.69 Å². The number of carboxylic acids is 1. The number of rotatable bonds is 5. The first kappa shape index (κ1) is 13.1. The first-order valence-electron chi connectivity index (χ1n) is 5.78. The van der Waals surface area contributed by atoms with Crippen LogP contribution in [0.5, 0.6) is 0 Å². The van der Waals surface area contributed by atoms with Crippen molar-refractivity contribution < 1.29 is 9.90 Å². The average Bonchev–Trinajstić information content (AvgIpc) is 2.40. The summed E-state index contributed by atoms with van der Waals surface area (Å²) in [5.41, 5.74) is 1.64. The molecule has 0 aliphatic rings. The third kappa shape index (κ3) is 3.82. The fraction of sp³-hybridized carbons (Fsp3) is 0.231. The first-order chi connectivity index (χ1) is 9.15. The normalized spacial score (nSPS) is 10.6. The minimum Gasteiger partial charge on any atom is -0.477 e. The molecule has 0 amide bonds. The summed E-state index contributed by atoms with van der Waals surface area (Å²) in [6.45, 7) is 1.19. The van der Waals surface area contributed by atoms with Crippen LogP contribution in [-0.2, 0) is 13.1 Å². The summed E-state index contributed by atoms with van der Waals surface area (Å²) in [4.78, 5) is 25.1. The molecule has 0 saturated heterocycles. The van der Waals surface area contributed by atoms with Crippen molar-refractivity contribution >= 4 is 5.97 Å². The van der Waals surface area contributed by atoms with Gasteiger partial charge in [-0.2, -0.15) is 0 Å². The number of pyridine rings is 1. The number of nitrogens with zero attached hydrogens (tertiary/aromatic N) is 4. The molecular formula is C13H14N4O2. The largest absolute Gasteiger partial charge is 0.477 e. The van der Waals surface area contributed by atoms with Gasteiger partial charge in [0.2, 0.25) is 0 Å². The monoisotopic (exact) mass is 258 g/mol. The molecule has 0 unspecified atom stereocenters. The number of aromatic nitrogens is 3. The highest BCUT2D eigenvalue weighted by Gasteiger charge is 2.07. The molecule has 6 heteroatoms. The fourth-order valence-electron chi connectivity index (χ4n) is 1.71. The summed E-state index contributed by atoms with van der Waals surface area (Å²) in [5.74, 6) is -1.02. The highest BCUT2D eigenvalue weighted by atomic mass is 16.4. The molecule has 0 fully saturated rings. The van der Waals surface area contributed by atoms with Crippen LogP contribution >= 0.6 is 0 Å². The third-order valence-corrected chi connectivity index (χ3v) is 2.51. The molecule has 0 aliphatic carbocycles. The highest BCUT2D eigenvalue weighted by Crippen LogP contribution is 2.05. The standard InChI is InChI=1S/C13H14N4O2/c1-17(9-11-7-14-5-6-15-11)8-10-3-2-4-12(16-10)13(18)19/h2-7H,8-9H2,1H3,(H,18,19). The van der Waals surface area contributed by atoms with Gasteiger partial charge in [0.25, 0.3) is 0 Å². The number of aromatic carboxylic acids is 1. The van der Waals surface area contributed by atoms with Crippen LogP contribution in [0.2, 0.25) is 0 Å². The highest BCUT2D eigenvalue weighted by molar-refractivity contribution is 5.85. The average molecular weight is 258 g/mol. The molecular weight excluding hydrogens is 244 g/mol.